The van der Waals surface area contributed by atoms with Crippen molar-refractivity contribution in [1.82, 2.24) is 9.97 Å². The Hall–Kier alpha value is -3.29. The standard InChI is InChI=1S/C21H26N4O4/c1-27-16-11-15(12-17(28-2)21(16)29-3)7-8-20(26)24-18-13-19(23-14-22-18)25-9-5-4-6-10-25/h7-8,11-14H,4-6,9-10H2,1-3H3,(H,22,23,24,26)/b8-7+. The summed E-state index contributed by atoms with van der Waals surface area (Å²) >= 11 is 0. The predicted octanol–water partition coefficient (Wildman–Crippen LogP) is 3.14. The summed E-state index contributed by atoms with van der Waals surface area (Å²) in [7, 11) is 4.64. The Morgan fingerprint density at radius 1 is 1.00 bits per heavy atom. The number of rotatable bonds is 7. The van der Waals surface area contributed by atoms with Gasteiger partial charge in [0.15, 0.2) is 11.5 Å². The topological polar surface area (TPSA) is 85.8 Å². The summed E-state index contributed by atoms with van der Waals surface area (Å²) in [6, 6.07) is 5.34. The number of amides is 1. The second-order valence-corrected chi connectivity index (χ2v) is 6.59. The fraction of sp³-hybridized carbons (Fsp3) is 0.381. The van der Waals surface area contributed by atoms with Gasteiger partial charge in [0.05, 0.1) is 21.3 Å². The highest BCUT2D eigenvalue weighted by atomic mass is 16.5. The number of methoxy groups -OCH3 is 3. The third-order valence-corrected chi connectivity index (χ3v) is 4.70. The summed E-state index contributed by atoms with van der Waals surface area (Å²) in [5.74, 6) is 2.57. The minimum atomic E-state index is -0.290. The molecule has 1 amide bonds. The van der Waals surface area contributed by atoms with Gasteiger partial charge in [0.2, 0.25) is 11.7 Å². The molecule has 0 aliphatic carbocycles. The van der Waals surface area contributed by atoms with Gasteiger partial charge in [-0.3, -0.25) is 4.79 Å². The van der Waals surface area contributed by atoms with Crippen LogP contribution in [0.4, 0.5) is 11.6 Å². The number of ether oxygens (including phenoxy) is 3. The van der Waals surface area contributed by atoms with Gasteiger partial charge in [-0.15, -0.1) is 0 Å². The summed E-state index contributed by atoms with van der Waals surface area (Å²) in [5, 5.41) is 2.78. The third kappa shape index (κ3) is 5.16. The molecule has 1 aliphatic heterocycles. The van der Waals surface area contributed by atoms with Gasteiger partial charge in [-0.25, -0.2) is 9.97 Å². The van der Waals surface area contributed by atoms with Gasteiger partial charge in [-0.05, 0) is 43.0 Å². The lowest BCUT2D eigenvalue weighted by Gasteiger charge is -2.27. The largest absolute Gasteiger partial charge is 0.493 e. The monoisotopic (exact) mass is 398 g/mol. The summed E-state index contributed by atoms with van der Waals surface area (Å²) in [6.45, 7) is 1.96. The number of carbonyl (C=O) groups is 1. The first-order chi connectivity index (χ1) is 14.1. The van der Waals surface area contributed by atoms with Crippen molar-refractivity contribution in [3.05, 3.63) is 36.2 Å². The predicted molar refractivity (Wildman–Crippen MR) is 112 cm³/mol. The van der Waals surface area contributed by atoms with E-state index in [1.54, 1.807) is 45.6 Å². The van der Waals surface area contributed by atoms with E-state index in [0.29, 0.717) is 23.1 Å². The summed E-state index contributed by atoms with van der Waals surface area (Å²) in [5.41, 5.74) is 0.742. The molecule has 154 valence electrons. The van der Waals surface area contributed by atoms with Crippen LogP contribution >= 0.6 is 0 Å². The summed E-state index contributed by atoms with van der Waals surface area (Å²) < 4.78 is 16.0. The highest BCUT2D eigenvalue weighted by Crippen LogP contribution is 2.38. The molecule has 0 bridgehead atoms. The first-order valence-electron chi connectivity index (χ1n) is 9.50. The Kier molecular flexibility index (Phi) is 6.89. The number of anilines is 2. The van der Waals surface area contributed by atoms with Crippen molar-refractivity contribution in [3.63, 3.8) is 0 Å². The molecule has 8 nitrogen and oxygen atoms in total. The molecule has 1 fully saturated rings. The molecular formula is C21H26N4O4. The molecule has 2 aromatic rings. The van der Waals surface area contributed by atoms with Crippen LogP contribution in [0.2, 0.25) is 0 Å². The summed E-state index contributed by atoms with van der Waals surface area (Å²) in [4.78, 5) is 23.0. The Morgan fingerprint density at radius 3 is 2.31 bits per heavy atom. The number of nitrogens with zero attached hydrogens (tertiary/aromatic N) is 3. The Balaban J connectivity index is 1.70. The minimum absolute atomic E-state index is 0.290. The fourth-order valence-electron chi connectivity index (χ4n) is 3.25. The Morgan fingerprint density at radius 2 is 1.69 bits per heavy atom. The molecule has 1 aliphatic rings. The quantitative estimate of drug-likeness (QED) is 0.717. The molecule has 0 unspecified atom stereocenters. The van der Waals surface area contributed by atoms with Gasteiger partial charge in [-0.2, -0.15) is 0 Å². The van der Waals surface area contributed by atoms with Gasteiger partial charge in [0, 0.05) is 25.2 Å². The van der Waals surface area contributed by atoms with Crippen LogP contribution < -0.4 is 24.4 Å². The maximum absolute atomic E-state index is 12.3. The van der Waals surface area contributed by atoms with Crippen molar-refractivity contribution < 1.29 is 19.0 Å². The molecular weight excluding hydrogens is 372 g/mol. The lowest BCUT2D eigenvalue weighted by molar-refractivity contribution is -0.111. The number of hydrogen-bond donors (Lipinski definition) is 1. The van der Waals surface area contributed by atoms with Crippen molar-refractivity contribution in [3.8, 4) is 17.2 Å². The maximum Gasteiger partial charge on any atom is 0.249 e. The molecule has 1 N–H and O–H groups in total. The van der Waals surface area contributed by atoms with Crippen LogP contribution in [0.5, 0.6) is 17.2 Å². The molecule has 8 heteroatoms. The van der Waals surface area contributed by atoms with E-state index in [-0.39, 0.29) is 5.91 Å². The van der Waals surface area contributed by atoms with E-state index in [1.807, 2.05) is 0 Å². The van der Waals surface area contributed by atoms with Crippen LogP contribution in [0.25, 0.3) is 6.08 Å². The van der Waals surface area contributed by atoms with E-state index < -0.39 is 0 Å². The molecule has 1 aromatic heterocycles. The van der Waals surface area contributed by atoms with Crippen molar-refractivity contribution in [2.24, 2.45) is 0 Å². The van der Waals surface area contributed by atoms with E-state index in [2.05, 4.69) is 20.2 Å². The normalized spacial score (nSPS) is 14.0. The molecule has 0 atom stereocenters. The number of aromatic nitrogens is 2. The highest BCUT2D eigenvalue weighted by molar-refractivity contribution is 6.01. The van der Waals surface area contributed by atoms with Crippen LogP contribution in [-0.4, -0.2) is 50.3 Å². The van der Waals surface area contributed by atoms with E-state index in [4.69, 9.17) is 14.2 Å². The lowest BCUT2D eigenvalue weighted by Crippen LogP contribution is -2.30. The van der Waals surface area contributed by atoms with Crippen LogP contribution in [-0.2, 0) is 4.79 Å². The van der Waals surface area contributed by atoms with Crippen molar-refractivity contribution in [2.75, 3.05) is 44.6 Å². The average Bonchev–Trinajstić information content (AvgIpc) is 2.77. The first-order valence-corrected chi connectivity index (χ1v) is 9.50. The van der Waals surface area contributed by atoms with E-state index in [9.17, 15) is 4.79 Å². The van der Waals surface area contributed by atoms with Gasteiger partial charge in [-0.1, -0.05) is 0 Å². The molecule has 2 heterocycles. The van der Waals surface area contributed by atoms with E-state index >= 15 is 0 Å². The Bertz CT molecular complexity index is 854. The molecule has 0 spiro atoms. The second kappa shape index (κ2) is 9.77. The van der Waals surface area contributed by atoms with Crippen molar-refractivity contribution >= 4 is 23.6 Å². The van der Waals surface area contributed by atoms with E-state index in [0.717, 1.165) is 37.3 Å². The molecule has 0 radical (unpaired) electrons. The zero-order valence-electron chi connectivity index (χ0n) is 17.0. The summed E-state index contributed by atoms with van der Waals surface area (Å²) in [6.07, 6.45) is 8.14. The smallest absolute Gasteiger partial charge is 0.249 e. The maximum atomic E-state index is 12.3. The van der Waals surface area contributed by atoms with Crippen LogP contribution in [0.15, 0.2) is 30.6 Å². The van der Waals surface area contributed by atoms with Crippen molar-refractivity contribution in [1.29, 1.82) is 0 Å². The number of piperidine rings is 1. The number of nitrogens with one attached hydrogen (secondary N) is 1. The van der Waals surface area contributed by atoms with Gasteiger partial charge in [0.25, 0.3) is 0 Å². The SMILES string of the molecule is COc1cc(/C=C/C(=O)Nc2cc(N3CCCCC3)ncn2)cc(OC)c1OC. The van der Waals surface area contributed by atoms with Gasteiger partial charge < -0.3 is 24.4 Å². The number of benzene rings is 1. The number of carbonyl (C=O) groups excluding carboxylic acids is 1. The lowest BCUT2D eigenvalue weighted by atomic mass is 10.1. The zero-order chi connectivity index (χ0) is 20.6. The molecule has 3 rings (SSSR count). The van der Waals surface area contributed by atoms with Crippen molar-refractivity contribution in [2.45, 2.75) is 19.3 Å². The first kappa shape index (κ1) is 20.4. The zero-order valence-corrected chi connectivity index (χ0v) is 17.0. The molecule has 1 aromatic carbocycles. The number of hydrogen-bond acceptors (Lipinski definition) is 7. The highest BCUT2D eigenvalue weighted by Gasteiger charge is 2.14. The average molecular weight is 398 g/mol. The minimum Gasteiger partial charge on any atom is -0.493 e. The molecule has 29 heavy (non-hydrogen) atoms. The fourth-order valence-corrected chi connectivity index (χ4v) is 3.25. The van der Waals surface area contributed by atoms with Crippen LogP contribution in [0.1, 0.15) is 24.8 Å². The van der Waals surface area contributed by atoms with Gasteiger partial charge in [0.1, 0.15) is 18.0 Å². The molecule has 0 saturated carbocycles. The molecule has 1 saturated heterocycles. The Labute approximate surface area is 170 Å². The third-order valence-electron chi connectivity index (χ3n) is 4.70. The van der Waals surface area contributed by atoms with Crippen LogP contribution in [0.3, 0.4) is 0 Å². The van der Waals surface area contributed by atoms with Crippen LogP contribution in [0, 0.1) is 0 Å². The van der Waals surface area contributed by atoms with E-state index in [1.165, 1.54) is 18.8 Å². The second-order valence-electron chi connectivity index (χ2n) is 6.59. The van der Waals surface area contributed by atoms with Gasteiger partial charge >= 0.3 is 0 Å².